The molecular formula is C11H18N2O2. The van der Waals surface area contributed by atoms with Crippen LogP contribution in [-0.2, 0) is 9.53 Å². The number of rotatable bonds is 3. The van der Waals surface area contributed by atoms with Gasteiger partial charge in [0.25, 0.3) is 0 Å². The zero-order chi connectivity index (χ0) is 11.3. The molecule has 0 aromatic carbocycles. The van der Waals surface area contributed by atoms with Gasteiger partial charge in [0, 0.05) is 6.61 Å². The van der Waals surface area contributed by atoms with Gasteiger partial charge in [-0.1, -0.05) is 6.92 Å². The van der Waals surface area contributed by atoms with E-state index in [1.165, 1.54) is 0 Å². The maximum absolute atomic E-state index is 11.7. The minimum absolute atomic E-state index is 0.152. The van der Waals surface area contributed by atoms with Crippen LogP contribution in [0.5, 0.6) is 0 Å². The minimum atomic E-state index is -0.766. The van der Waals surface area contributed by atoms with Gasteiger partial charge in [-0.15, -0.1) is 0 Å². The fraction of sp³-hybridized carbons (Fsp3) is 0.818. The number of ether oxygens (including phenoxy) is 1. The van der Waals surface area contributed by atoms with Crippen molar-refractivity contribution in [3.63, 3.8) is 0 Å². The SMILES string of the molecule is CCC(C)(C#N)NC(=O)C1CCCCO1. The van der Waals surface area contributed by atoms with Gasteiger partial charge in [-0.05, 0) is 32.6 Å². The molecule has 1 rings (SSSR count). The molecule has 0 bridgehead atoms. The summed E-state index contributed by atoms with van der Waals surface area (Å²) in [5, 5.41) is 11.7. The Morgan fingerprint density at radius 2 is 2.40 bits per heavy atom. The first-order valence-electron chi connectivity index (χ1n) is 5.46. The monoisotopic (exact) mass is 210 g/mol. The molecule has 0 spiro atoms. The van der Waals surface area contributed by atoms with Gasteiger partial charge in [-0.3, -0.25) is 4.79 Å². The van der Waals surface area contributed by atoms with Crippen LogP contribution < -0.4 is 5.32 Å². The van der Waals surface area contributed by atoms with E-state index in [1.807, 2.05) is 6.92 Å². The van der Waals surface area contributed by atoms with Crippen LogP contribution in [-0.4, -0.2) is 24.2 Å². The summed E-state index contributed by atoms with van der Waals surface area (Å²) in [4.78, 5) is 11.7. The van der Waals surface area contributed by atoms with Crippen molar-refractivity contribution in [1.29, 1.82) is 5.26 Å². The lowest BCUT2D eigenvalue weighted by Crippen LogP contribution is -2.49. The molecule has 0 aromatic rings. The van der Waals surface area contributed by atoms with Crippen LogP contribution in [0.25, 0.3) is 0 Å². The molecule has 0 saturated carbocycles. The molecule has 4 heteroatoms. The van der Waals surface area contributed by atoms with Crippen molar-refractivity contribution in [2.45, 2.75) is 51.2 Å². The van der Waals surface area contributed by atoms with E-state index in [2.05, 4.69) is 11.4 Å². The summed E-state index contributed by atoms with van der Waals surface area (Å²) in [7, 11) is 0. The van der Waals surface area contributed by atoms with Crippen LogP contribution in [0, 0.1) is 11.3 Å². The maximum atomic E-state index is 11.7. The molecule has 1 aliphatic rings. The summed E-state index contributed by atoms with van der Waals surface area (Å²) in [5.74, 6) is -0.152. The molecule has 84 valence electrons. The molecule has 0 radical (unpaired) electrons. The van der Waals surface area contributed by atoms with Gasteiger partial charge in [-0.2, -0.15) is 5.26 Å². The van der Waals surface area contributed by atoms with Gasteiger partial charge < -0.3 is 10.1 Å². The van der Waals surface area contributed by atoms with E-state index in [-0.39, 0.29) is 12.0 Å². The van der Waals surface area contributed by atoms with Crippen molar-refractivity contribution in [3.05, 3.63) is 0 Å². The fourth-order valence-electron chi connectivity index (χ4n) is 1.50. The van der Waals surface area contributed by atoms with E-state index >= 15 is 0 Å². The summed E-state index contributed by atoms with van der Waals surface area (Å²) >= 11 is 0. The van der Waals surface area contributed by atoms with Crippen molar-refractivity contribution in [3.8, 4) is 6.07 Å². The molecule has 15 heavy (non-hydrogen) atoms. The Morgan fingerprint density at radius 3 is 2.87 bits per heavy atom. The molecule has 1 N–H and O–H groups in total. The molecule has 1 amide bonds. The van der Waals surface area contributed by atoms with Gasteiger partial charge in [0.2, 0.25) is 5.91 Å². The van der Waals surface area contributed by atoms with E-state index in [1.54, 1.807) is 6.92 Å². The van der Waals surface area contributed by atoms with Gasteiger partial charge in [-0.25, -0.2) is 0 Å². The third kappa shape index (κ3) is 3.21. The van der Waals surface area contributed by atoms with Gasteiger partial charge >= 0.3 is 0 Å². The number of amides is 1. The Morgan fingerprint density at radius 1 is 1.67 bits per heavy atom. The van der Waals surface area contributed by atoms with Crippen LogP contribution in [0.4, 0.5) is 0 Å². The Labute approximate surface area is 90.6 Å². The molecule has 2 unspecified atom stereocenters. The topological polar surface area (TPSA) is 62.1 Å². The standard InChI is InChI=1S/C11H18N2O2/c1-3-11(2,8-12)13-10(14)9-6-4-5-7-15-9/h9H,3-7H2,1-2H3,(H,13,14). The van der Waals surface area contributed by atoms with Crippen LogP contribution in [0.3, 0.4) is 0 Å². The minimum Gasteiger partial charge on any atom is -0.368 e. The largest absolute Gasteiger partial charge is 0.368 e. The first-order valence-corrected chi connectivity index (χ1v) is 5.46. The zero-order valence-corrected chi connectivity index (χ0v) is 9.38. The normalized spacial score (nSPS) is 25.0. The number of hydrogen-bond donors (Lipinski definition) is 1. The predicted molar refractivity (Wildman–Crippen MR) is 56.0 cm³/mol. The highest BCUT2D eigenvalue weighted by Crippen LogP contribution is 2.15. The van der Waals surface area contributed by atoms with Crippen molar-refractivity contribution in [2.24, 2.45) is 0 Å². The third-order valence-corrected chi connectivity index (χ3v) is 2.83. The smallest absolute Gasteiger partial charge is 0.250 e. The van der Waals surface area contributed by atoms with Crippen LogP contribution in [0.1, 0.15) is 39.5 Å². The first kappa shape index (κ1) is 12.0. The number of hydrogen-bond acceptors (Lipinski definition) is 3. The Bertz CT molecular complexity index is 266. The number of nitriles is 1. The van der Waals surface area contributed by atoms with Crippen LogP contribution in [0.2, 0.25) is 0 Å². The van der Waals surface area contributed by atoms with Crippen LogP contribution in [0.15, 0.2) is 0 Å². The second kappa shape index (κ2) is 5.13. The number of nitrogens with zero attached hydrogens (tertiary/aromatic N) is 1. The summed E-state index contributed by atoms with van der Waals surface area (Å²) < 4.78 is 5.35. The lowest BCUT2D eigenvalue weighted by molar-refractivity contribution is -0.136. The van der Waals surface area contributed by atoms with Gasteiger partial charge in [0.15, 0.2) is 0 Å². The lowest BCUT2D eigenvalue weighted by atomic mass is 10.00. The molecule has 1 fully saturated rings. The molecule has 0 aliphatic carbocycles. The second-order valence-electron chi connectivity index (χ2n) is 4.14. The summed E-state index contributed by atoms with van der Waals surface area (Å²) in [5.41, 5.74) is -0.766. The average Bonchev–Trinajstić information content (AvgIpc) is 2.30. The van der Waals surface area contributed by atoms with E-state index in [0.717, 1.165) is 19.3 Å². The Kier molecular flexibility index (Phi) is 4.10. The van der Waals surface area contributed by atoms with Gasteiger partial charge in [0.05, 0.1) is 6.07 Å². The summed E-state index contributed by atoms with van der Waals surface area (Å²) in [6.45, 7) is 4.26. The number of carbonyl (C=O) groups is 1. The van der Waals surface area contributed by atoms with E-state index in [4.69, 9.17) is 10.00 Å². The van der Waals surface area contributed by atoms with E-state index in [0.29, 0.717) is 13.0 Å². The van der Waals surface area contributed by atoms with Crippen molar-refractivity contribution >= 4 is 5.91 Å². The number of carbonyl (C=O) groups excluding carboxylic acids is 1. The summed E-state index contributed by atoms with van der Waals surface area (Å²) in [6.07, 6.45) is 3.04. The average molecular weight is 210 g/mol. The highest BCUT2D eigenvalue weighted by atomic mass is 16.5. The quantitative estimate of drug-likeness (QED) is 0.765. The zero-order valence-electron chi connectivity index (χ0n) is 9.38. The fourth-order valence-corrected chi connectivity index (χ4v) is 1.50. The number of nitrogens with one attached hydrogen (secondary N) is 1. The summed E-state index contributed by atoms with van der Waals surface area (Å²) in [6, 6.07) is 2.11. The predicted octanol–water partition coefficient (Wildman–Crippen LogP) is 1.36. The molecule has 4 nitrogen and oxygen atoms in total. The Balaban J connectivity index is 2.50. The highest BCUT2D eigenvalue weighted by molar-refractivity contribution is 5.81. The molecule has 1 heterocycles. The van der Waals surface area contributed by atoms with E-state index in [9.17, 15) is 4.79 Å². The van der Waals surface area contributed by atoms with Crippen molar-refractivity contribution in [2.75, 3.05) is 6.61 Å². The third-order valence-electron chi connectivity index (χ3n) is 2.83. The van der Waals surface area contributed by atoms with Crippen molar-refractivity contribution < 1.29 is 9.53 Å². The Hall–Kier alpha value is -1.08. The van der Waals surface area contributed by atoms with Crippen LogP contribution >= 0.6 is 0 Å². The first-order chi connectivity index (χ1) is 7.11. The maximum Gasteiger partial charge on any atom is 0.250 e. The second-order valence-corrected chi connectivity index (χ2v) is 4.14. The molecular weight excluding hydrogens is 192 g/mol. The lowest BCUT2D eigenvalue weighted by Gasteiger charge is -2.27. The molecule has 2 atom stereocenters. The highest BCUT2D eigenvalue weighted by Gasteiger charge is 2.29. The van der Waals surface area contributed by atoms with Crippen molar-refractivity contribution in [1.82, 2.24) is 5.32 Å². The molecule has 1 aliphatic heterocycles. The molecule has 0 aromatic heterocycles. The van der Waals surface area contributed by atoms with Gasteiger partial charge in [0.1, 0.15) is 11.6 Å². The molecule has 1 saturated heterocycles. The van der Waals surface area contributed by atoms with E-state index < -0.39 is 5.54 Å².